The number of morpholine rings is 1. The number of furan rings is 1. The van der Waals surface area contributed by atoms with Crippen molar-refractivity contribution in [1.29, 1.82) is 0 Å². The van der Waals surface area contributed by atoms with Gasteiger partial charge in [0.05, 0.1) is 32.5 Å². The molecule has 2 aromatic rings. The second-order valence-corrected chi connectivity index (χ2v) is 7.64. The Morgan fingerprint density at radius 2 is 2.33 bits per heavy atom. The first-order chi connectivity index (χ1) is 11.8. The van der Waals surface area contributed by atoms with Crippen molar-refractivity contribution in [2.24, 2.45) is 5.92 Å². The number of hydrogen-bond acceptors (Lipinski definition) is 6. The molecule has 1 saturated heterocycles. The van der Waals surface area contributed by atoms with Gasteiger partial charge in [0, 0.05) is 30.1 Å². The van der Waals surface area contributed by atoms with E-state index >= 15 is 0 Å². The summed E-state index contributed by atoms with van der Waals surface area (Å²) in [5.74, 6) is 2.52. The maximum atomic E-state index is 6.11. The summed E-state index contributed by atoms with van der Waals surface area (Å²) in [5, 5.41) is 3.03. The summed E-state index contributed by atoms with van der Waals surface area (Å²) in [7, 11) is 0. The monoisotopic (exact) mass is 348 g/mol. The molecule has 2 aromatic heterocycles. The lowest BCUT2D eigenvalue weighted by Crippen LogP contribution is -2.50. The van der Waals surface area contributed by atoms with Gasteiger partial charge in [0.1, 0.15) is 16.5 Å². The average molecular weight is 348 g/mol. The maximum absolute atomic E-state index is 6.11. The Hall–Kier alpha value is -1.21. The molecule has 0 aromatic carbocycles. The van der Waals surface area contributed by atoms with Crippen molar-refractivity contribution >= 4 is 11.3 Å². The van der Waals surface area contributed by atoms with Gasteiger partial charge in [-0.25, -0.2) is 4.98 Å². The van der Waals surface area contributed by atoms with Gasteiger partial charge in [-0.1, -0.05) is 0 Å². The number of aryl methyl sites for hydroxylation is 1. The van der Waals surface area contributed by atoms with Crippen molar-refractivity contribution in [3.8, 4) is 0 Å². The van der Waals surface area contributed by atoms with Crippen molar-refractivity contribution in [2.45, 2.75) is 45.1 Å². The normalized spacial score (nSPS) is 27.5. The molecule has 0 spiro atoms. The first-order valence-electron chi connectivity index (χ1n) is 8.66. The Morgan fingerprint density at radius 3 is 3.12 bits per heavy atom. The molecule has 0 N–H and O–H groups in total. The van der Waals surface area contributed by atoms with E-state index in [0.29, 0.717) is 18.6 Å². The molecule has 0 radical (unpaired) electrons. The lowest BCUT2D eigenvalue weighted by atomic mass is 10.0. The average Bonchev–Trinajstić information content (AvgIpc) is 3.30. The van der Waals surface area contributed by atoms with Crippen molar-refractivity contribution in [2.75, 3.05) is 19.8 Å². The fourth-order valence-electron chi connectivity index (χ4n) is 3.90. The lowest BCUT2D eigenvalue weighted by molar-refractivity contribution is -0.0904. The molecule has 4 rings (SSSR count). The lowest BCUT2D eigenvalue weighted by Gasteiger charge is -2.38. The Balaban J connectivity index is 1.32. The molecule has 130 valence electrons. The zero-order chi connectivity index (χ0) is 16.4. The van der Waals surface area contributed by atoms with Crippen molar-refractivity contribution in [1.82, 2.24) is 9.88 Å². The van der Waals surface area contributed by atoms with E-state index < -0.39 is 0 Å². The van der Waals surface area contributed by atoms with Crippen molar-refractivity contribution < 1.29 is 13.9 Å². The molecule has 1 aliphatic heterocycles. The van der Waals surface area contributed by atoms with Crippen LogP contribution in [0.5, 0.6) is 0 Å². The summed E-state index contributed by atoms with van der Waals surface area (Å²) >= 11 is 1.65. The molecule has 1 saturated carbocycles. The van der Waals surface area contributed by atoms with Crippen LogP contribution in [-0.2, 0) is 22.6 Å². The van der Waals surface area contributed by atoms with Gasteiger partial charge in [0.15, 0.2) is 0 Å². The largest absolute Gasteiger partial charge is 0.465 e. The van der Waals surface area contributed by atoms with Gasteiger partial charge in [0.2, 0.25) is 0 Å². The molecular formula is C18H24N2O3S. The maximum Gasteiger partial charge on any atom is 0.118 e. The van der Waals surface area contributed by atoms with E-state index in [9.17, 15) is 0 Å². The Labute approximate surface area is 146 Å². The highest BCUT2D eigenvalue weighted by molar-refractivity contribution is 7.09. The third kappa shape index (κ3) is 3.57. The predicted octanol–water partition coefficient (Wildman–Crippen LogP) is 3.24. The predicted molar refractivity (Wildman–Crippen MR) is 91.9 cm³/mol. The SMILES string of the molecule is Cc1ccc(CN2CCO[C@@H]3[C@@H](COCc4nccs4)CC[C@H]32)o1. The van der Waals surface area contributed by atoms with Gasteiger partial charge in [-0.3, -0.25) is 4.90 Å². The van der Waals surface area contributed by atoms with Crippen LogP contribution in [0.1, 0.15) is 29.4 Å². The molecule has 0 bridgehead atoms. The van der Waals surface area contributed by atoms with E-state index in [-0.39, 0.29) is 6.10 Å². The Bertz CT molecular complexity index is 642. The molecular weight excluding hydrogens is 324 g/mol. The van der Waals surface area contributed by atoms with Crippen LogP contribution in [0.15, 0.2) is 28.1 Å². The van der Waals surface area contributed by atoms with Crippen LogP contribution in [-0.4, -0.2) is 41.8 Å². The minimum Gasteiger partial charge on any atom is -0.465 e. The summed E-state index contributed by atoms with van der Waals surface area (Å²) in [5.41, 5.74) is 0. The fraction of sp³-hybridized carbons (Fsp3) is 0.611. The topological polar surface area (TPSA) is 47.7 Å². The van der Waals surface area contributed by atoms with Gasteiger partial charge in [0.25, 0.3) is 0 Å². The molecule has 3 heterocycles. The second-order valence-electron chi connectivity index (χ2n) is 6.66. The molecule has 2 fully saturated rings. The second kappa shape index (κ2) is 7.35. The highest BCUT2D eigenvalue weighted by atomic mass is 32.1. The zero-order valence-electron chi connectivity index (χ0n) is 14.0. The number of nitrogens with zero attached hydrogens (tertiary/aromatic N) is 2. The molecule has 5 nitrogen and oxygen atoms in total. The first-order valence-corrected chi connectivity index (χ1v) is 9.54. The van der Waals surface area contributed by atoms with E-state index in [0.717, 1.165) is 42.8 Å². The van der Waals surface area contributed by atoms with E-state index in [1.807, 2.05) is 24.6 Å². The third-order valence-corrected chi connectivity index (χ3v) is 5.78. The van der Waals surface area contributed by atoms with Crippen LogP contribution < -0.4 is 0 Å². The number of hydrogen-bond donors (Lipinski definition) is 0. The number of thiazole rings is 1. The highest BCUT2D eigenvalue weighted by Crippen LogP contribution is 2.35. The van der Waals surface area contributed by atoms with E-state index in [2.05, 4.69) is 16.0 Å². The Morgan fingerprint density at radius 1 is 1.38 bits per heavy atom. The fourth-order valence-corrected chi connectivity index (χ4v) is 4.46. The standard InChI is InChI=1S/C18H24N2O3S/c1-13-2-4-15(23-13)10-20-7-8-22-18-14(3-5-16(18)20)11-21-12-17-19-6-9-24-17/h2,4,6,9,14,16,18H,3,5,7-8,10-12H2,1H3/t14-,16-,18-/m1/s1. The molecule has 0 unspecified atom stereocenters. The van der Waals surface area contributed by atoms with Crippen LogP contribution in [0.25, 0.3) is 0 Å². The van der Waals surface area contributed by atoms with Gasteiger partial charge in [-0.05, 0) is 31.9 Å². The minimum atomic E-state index is 0.283. The minimum absolute atomic E-state index is 0.283. The quantitative estimate of drug-likeness (QED) is 0.802. The van der Waals surface area contributed by atoms with Crippen LogP contribution in [0, 0.1) is 12.8 Å². The smallest absolute Gasteiger partial charge is 0.118 e. The van der Waals surface area contributed by atoms with Crippen LogP contribution in [0.3, 0.4) is 0 Å². The van der Waals surface area contributed by atoms with Crippen LogP contribution in [0.2, 0.25) is 0 Å². The van der Waals surface area contributed by atoms with Gasteiger partial charge < -0.3 is 13.9 Å². The summed E-state index contributed by atoms with van der Waals surface area (Å²) in [6, 6.07) is 4.61. The van der Waals surface area contributed by atoms with Crippen molar-refractivity contribution in [3.63, 3.8) is 0 Å². The van der Waals surface area contributed by atoms with Gasteiger partial charge >= 0.3 is 0 Å². The van der Waals surface area contributed by atoms with Gasteiger partial charge in [-0.2, -0.15) is 0 Å². The van der Waals surface area contributed by atoms with E-state index in [1.165, 1.54) is 12.8 Å². The number of aromatic nitrogens is 1. The zero-order valence-corrected chi connectivity index (χ0v) is 14.8. The first kappa shape index (κ1) is 16.3. The number of fused-ring (bicyclic) bond motifs is 1. The van der Waals surface area contributed by atoms with E-state index in [1.54, 1.807) is 11.3 Å². The number of ether oxygens (including phenoxy) is 2. The third-order valence-electron chi connectivity index (χ3n) is 5.03. The van der Waals surface area contributed by atoms with E-state index in [4.69, 9.17) is 13.9 Å². The summed E-state index contributed by atoms with van der Waals surface area (Å²) < 4.78 is 17.8. The highest BCUT2D eigenvalue weighted by Gasteiger charge is 2.42. The molecule has 24 heavy (non-hydrogen) atoms. The molecule has 0 amide bonds. The molecule has 6 heteroatoms. The summed E-state index contributed by atoms with van der Waals surface area (Å²) in [6.45, 7) is 6.02. The molecule has 3 atom stereocenters. The van der Waals surface area contributed by atoms with Gasteiger partial charge in [-0.15, -0.1) is 11.3 Å². The van der Waals surface area contributed by atoms with Crippen LogP contribution in [0.4, 0.5) is 0 Å². The molecule has 2 aliphatic rings. The Kier molecular flexibility index (Phi) is 4.98. The summed E-state index contributed by atoms with van der Waals surface area (Å²) in [4.78, 5) is 6.79. The summed E-state index contributed by atoms with van der Waals surface area (Å²) in [6.07, 6.45) is 4.45. The number of rotatable bonds is 6. The van der Waals surface area contributed by atoms with Crippen LogP contribution >= 0.6 is 11.3 Å². The molecule has 1 aliphatic carbocycles. The van der Waals surface area contributed by atoms with Crippen molar-refractivity contribution in [3.05, 3.63) is 40.2 Å².